The van der Waals surface area contributed by atoms with E-state index in [1.165, 1.54) is 0 Å². The Kier molecular flexibility index (Phi) is 8.10. The third-order valence-corrected chi connectivity index (χ3v) is 5.35. The minimum atomic E-state index is -0.686. The van der Waals surface area contributed by atoms with E-state index >= 15 is 0 Å². The zero-order chi connectivity index (χ0) is 23.1. The molecule has 1 saturated carbocycles. The lowest BCUT2D eigenvalue weighted by atomic mass is 9.95. The fourth-order valence-corrected chi connectivity index (χ4v) is 3.70. The third kappa shape index (κ3) is 6.23. The maximum atomic E-state index is 13.0. The summed E-state index contributed by atoms with van der Waals surface area (Å²) in [5.41, 5.74) is 1.47. The molecule has 1 unspecified atom stereocenters. The molecule has 3 rings (SSSR count). The SMILES string of the molecule is CCOC(=O)CN(CC1=C(C(=O)OCC)C(c2ccc(OC)cc2)NC(=O)N1)CC1CC1. The summed E-state index contributed by atoms with van der Waals surface area (Å²) in [7, 11) is 1.57. The number of hydrogen-bond acceptors (Lipinski definition) is 7. The molecule has 0 saturated heterocycles. The number of urea groups is 1. The molecule has 1 atom stereocenters. The summed E-state index contributed by atoms with van der Waals surface area (Å²) in [6.45, 7) is 4.99. The lowest BCUT2D eigenvalue weighted by Gasteiger charge is -2.32. The van der Waals surface area contributed by atoms with Crippen molar-refractivity contribution >= 4 is 18.0 Å². The number of methoxy groups -OCH3 is 1. The van der Waals surface area contributed by atoms with Crippen LogP contribution in [-0.4, -0.2) is 62.8 Å². The average molecular weight is 446 g/mol. The van der Waals surface area contributed by atoms with E-state index in [4.69, 9.17) is 14.2 Å². The average Bonchev–Trinajstić information content (AvgIpc) is 3.57. The normalized spacial score (nSPS) is 18.1. The predicted octanol–water partition coefficient (Wildman–Crippen LogP) is 2.14. The van der Waals surface area contributed by atoms with E-state index in [-0.39, 0.29) is 25.7 Å². The molecule has 32 heavy (non-hydrogen) atoms. The van der Waals surface area contributed by atoms with E-state index in [0.717, 1.165) is 18.4 Å². The molecule has 2 amide bonds. The van der Waals surface area contributed by atoms with Crippen molar-refractivity contribution in [3.05, 3.63) is 41.1 Å². The fraction of sp³-hybridized carbons (Fsp3) is 0.522. The van der Waals surface area contributed by atoms with Crippen molar-refractivity contribution in [2.75, 3.05) is 40.0 Å². The molecule has 1 fully saturated rings. The highest BCUT2D eigenvalue weighted by molar-refractivity contribution is 5.95. The van der Waals surface area contributed by atoms with Gasteiger partial charge in [0.1, 0.15) is 5.75 Å². The Morgan fingerprint density at radius 1 is 1.09 bits per heavy atom. The van der Waals surface area contributed by atoms with Crippen LogP contribution in [0.3, 0.4) is 0 Å². The van der Waals surface area contributed by atoms with E-state index in [9.17, 15) is 14.4 Å². The third-order valence-electron chi connectivity index (χ3n) is 5.35. The molecule has 0 aromatic heterocycles. The van der Waals surface area contributed by atoms with Gasteiger partial charge in [-0.15, -0.1) is 0 Å². The first-order valence-corrected chi connectivity index (χ1v) is 10.9. The van der Waals surface area contributed by atoms with Gasteiger partial charge in [0.15, 0.2) is 0 Å². The van der Waals surface area contributed by atoms with Gasteiger partial charge in [0.25, 0.3) is 0 Å². The number of nitrogens with zero attached hydrogens (tertiary/aromatic N) is 1. The van der Waals surface area contributed by atoms with Gasteiger partial charge in [-0.05, 0) is 50.3 Å². The van der Waals surface area contributed by atoms with Gasteiger partial charge in [-0.3, -0.25) is 9.69 Å². The molecule has 9 nitrogen and oxygen atoms in total. The first kappa shape index (κ1) is 23.6. The number of amides is 2. The minimum absolute atomic E-state index is 0.0838. The van der Waals surface area contributed by atoms with Crippen molar-refractivity contribution in [3.63, 3.8) is 0 Å². The maximum Gasteiger partial charge on any atom is 0.338 e. The number of benzene rings is 1. The van der Waals surface area contributed by atoms with Crippen molar-refractivity contribution in [1.29, 1.82) is 0 Å². The predicted molar refractivity (Wildman–Crippen MR) is 117 cm³/mol. The van der Waals surface area contributed by atoms with Crippen LogP contribution in [0.2, 0.25) is 0 Å². The molecule has 2 N–H and O–H groups in total. The standard InChI is InChI=1S/C23H31N3O6/c1-4-31-19(27)14-26(12-15-6-7-15)13-18-20(22(28)32-5-2)21(25-23(29)24-18)16-8-10-17(30-3)11-9-16/h8-11,15,21H,4-7,12-14H2,1-3H3,(H2,24,25,29). The van der Waals surface area contributed by atoms with Crippen molar-refractivity contribution in [2.24, 2.45) is 5.92 Å². The van der Waals surface area contributed by atoms with Crippen LogP contribution in [0.5, 0.6) is 5.75 Å². The topological polar surface area (TPSA) is 106 Å². The molecule has 0 radical (unpaired) electrons. The molecule has 1 aromatic carbocycles. The molecular weight excluding hydrogens is 414 g/mol. The second kappa shape index (κ2) is 11.0. The number of nitrogens with one attached hydrogen (secondary N) is 2. The Bertz CT molecular complexity index is 863. The van der Waals surface area contributed by atoms with Crippen LogP contribution in [0.1, 0.15) is 38.3 Å². The molecule has 0 spiro atoms. The quantitative estimate of drug-likeness (QED) is 0.503. The number of rotatable bonds is 11. The number of carbonyl (C=O) groups excluding carboxylic acids is 3. The summed E-state index contributed by atoms with van der Waals surface area (Å²) in [5, 5.41) is 5.58. The van der Waals surface area contributed by atoms with E-state index in [1.807, 2.05) is 4.90 Å². The van der Waals surface area contributed by atoms with E-state index in [2.05, 4.69) is 10.6 Å². The molecule has 1 aromatic rings. The second-order valence-corrected chi connectivity index (χ2v) is 7.84. The van der Waals surface area contributed by atoms with E-state index in [0.29, 0.717) is 36.1 Å². The first-order chi connectivity index (χ1) is 15.4. The van der Waals surface area contributed by atoms with Crippen LogP contribution in [0, 0.1) is 5.92 Å². The highest BCUT2D eigenvalue weighted by atomic mass is 16.5. The summed E-state index contributed by atoms with van der Waals surface area (Å²) in [6, 6.07) is 6.03. The van der Waals surface area contributed by atoms with Crippen molar-refractivity contribution in [3.8, 4) is 5.75 Å². The van der Waals surface area contributed by atoms with Crippen LogP contribution in [0.4, 0.5) is 4.79 Å². The van der Waals surface area contributed by atoms with Gasteiger partial charge in [-0.2, -0.15) is 0 Å². The molecule has 1 heterocycles. The van der Waals surface area contributed by atoms with Gasteiger partial charge in [0.05, 0.1) is 38.5 Å². The van der Waals surface area contributed by atoms with E-state index < -0.39 is 18.0 Å². The van der Waals surface area contributed by atoms with Crippen LogP contribution in [0.15, 0.2) is 35.5 Å². The van der Waals surface area contributed by atoms with Crippen LogP contribution in [0.25, 0.3) is 0 Å². The Balaban J connectivity index is 1.94. The van der Waals surface area contributed by atoms with Crippen LogP contribution in [-0.2, 0) is 19.1 Å². The number of hydrogen-bond donors (Lipinski definition) is 2. The monoisotopic (exact) mass is 445 g/mol. The van der Waals surface area contributed by atoms with Crippen molar-refractivity contribution in [2.45, 2.75) is 32.7 Å². The summed E-state index contributed by atoms with van der Waals surface area (Å²) < 4.78 is 15.6. The molecular formula is C23H31N3O6. The Morgan fingerprint density at radius 3 is 2.38 bits per heavy atom. The molecule has 0 bridgehead atoms. The first-order valence-electron chi connectivity index (χ1n) is 10.9. The van der Waals surface area contributed by atoms with Crippen molar-refractivity contribution in [1.82, 2.24) is 15.5 Å². The summed E-state index contributed by atoms with van der Waals surface area (Å²) in [4.78, 5) is 39.5. The summed E-state index contributed by atoms with van der Waals surface area (Å²) in [6.07, 6.45) is 2.21. The van der Waals surface area contributed by atoms with E-state index in [1.54, 1.807) is 45.2 Å². The largest absolute Gasteiger partial charge is 0.497 e. The van der Waals surface area contributed by atoms with Gasteiger partial charge >= 0.3 is 18.0 Å². The van der Waals surface area contributed by atoms with Gasteiger partial charge in [0, 0.05) is 18.8 Å². The number of carbonyl (C=O) groups is 3. The fourth-order valence-electron chi connectivity index (χ4n) is 3.70. The molecule has 9 heteroatoms. The minimum Gasteiger partial charge on any atom is -0.497 e. The molecule has 1 aliphatic heterocycles. The Labute approximate surface area is 188 Å². The zero-order valence-electron chi connectivity index (χ0n) is 18.8. The maximum absolute atomic E-state index is 13.0. The van der Waals surface area contributed by atoms with Crippen LogP contribution >= 0.6 is 0 Å². The van der Waals surface area contributed by atoms with Crippen molar-refractivity contribution < 1.29 is 28.6 Å². The second-order valence-electron chi connectivity index (χ2n) is 7.84. The highest BCUT2D eigenvalue weighted by Gasteiger charge is 2.35. The smallest absolute Gasteiger partial charge is 0.338 e. The Hall–Kier alpha value is -3.07. The number of esters is 2. The molecule has 2 aliphatic rings. The summed E-state index contributed by atoms with van der Waals surface area (Å²) in [5.74, 6) is 0.323. The highest BCUT2D eigenvalue weighted by Crippen LogP contribution is 2.32. The van der Waals surface area contributed by atoms with Gasteiger partial charge in [-0.25, -0.2) is 9.59 Å². The summed E-state index contributed by atoms with van der Waals surface area (Å²) >= 11 is 0. The van der Waals surface area contributed by atoms with Gasteiger partial charge in [0.2, 0.25) is 0 Å². The van der Waals surface area contributed by atoms with Gasteiger partial charge in [-0.1, -0.05) is 12.1 Å². The zero-order valence-corrected chi connectivity index (χ0v) is 18.8. The number of ether oxygens (including phenoxy) is 3. The van der Waals surface area contributed by atoms with Gasteiger partial charge < -0.3 is 24.8 Å². The molecule has 174 valence electrons. The van der Waals surface area contributed by atoms with Crippen LogP contribution < -0.4 is 15.4 Å². The lowest BCUT2D eigenvalue weighted by Crippen LogP contribution is -2.49. The Morgan fingerprint density at radius 2 is 1.78 bits per heavy atom. The molecule has 1 aliphatic carbocycles. The lowest BCUT2D eigenvalue weighted by molar-refractivity contribution is -0.144.